The van der Waals surface area contributed by atoms with Crippen LogP contribution < -0.4 is 5.48 Å². The molecule has 0 radical (unpaired) electrons. The second-order valence-corrected chi connectivity index (χ2v) is 5.10. The van der Waals surface area contributed by atoms with Gasteiger partial charge < -0.3 is 9.63 Å². The van der Waals surface area contributed by atoms with Crippen molar-refractivity contribution in [1.29, 1.82) is 0 Å². The van der Waals surface area contributed by atoms with Crippen LogP contribution in [0.1, 0.15) is 30.6 Å². The minimum Gasteiger partial charge on any atom is -0.341 e. The van der Waals surface area contributed by atoms with Gasteiger partial charge in [-0.05, 0) is 24.1 Å². The summed E-state index contributed by atoms with van der Waals surface area (Å²) in [6, 6.07) is 6.23. The van der Waals surface area contributed by atoms with E-state index in [1.165, 1.54) is 12.1 Å². The maximum absolute atomic E-state index is 11.7. The third-order valence-electron chi connectivity index (χ3n) is 2.78. The fourth-order valence-corrected chi connectivity index (χ4v) is 1.66. The Morgan fingerprint density at radius 3 is 2.65 bits per heavy atom. The van der Waals surface area contributed by atoms with Gasteiger partial charge in [-0.1, -0.05) is 31.5 Å². The molecule has 0 heterocycles. The molecule has 1 rings (SSSR count). The van der Waals surface area contributed by atoms with Gasteiger partial charge in [0.05, 0.1) is 6.42 Å². The molecule has 5 nitrogen and oxygen atoms in total. The van der Waals surface area contributed by atoms with E-state index in [0.29, 0.717) is 11.3 Å². The van der Waals surface area contributed by atoms with Crippen LogP contribution in [-0.2, 0) is 14.4 Å². The lowest BCUT2D eigenvalue weighted by Crippen LogP contribution is -2.29. The molecule has 0 spiro atoms. The maximum atomic E-state index is 11.7. The van der Waals surface area contributed by atoms with Crippen LogP contribution in [0.5, 0.6) is 0 Å². The number of nitrogens with one attached hydrogen (secondary N) is 1. The molecule has 1 N–H and O–H groups in total. The molecule has 0 fully saturated rings. The number of carbonyl (C=O) groups excluding carboxylic acids is 3. The third kappa shape index (κ3) is 5.01. The Bertz CT molecular complexity index is 502. The molecule has 1 aromatic rings. The molecule has 0 saturated carbocycles. The molecule has 1 atom stereocenters. The van der Waals surface area contributed by atoms with E-state index in [4.69, 9.17) is 11.6 Å². The predicted octanol–water partition coefficient (Wildman–Crippen LogP) is 2.39. The van der Waals surface area contributed by atoms with Crippen molar-refractivity contribution in [3.05, 3.63) is 34.9 Å². The number of hydroxylamine groups is 1. The summed E-state index contributed by atoms with van der Waals surface area (Å²) in [5.74, 6) is -1.63. The van der Waals surface area contributed by atoms with Gasteiger partial charge in [0.25, 0.3) is 5.91 Å². The number of carbonyl (C=O) groups is 3. The summed E-state index contributed by atoms with van der Waals surface area (Å²) in [4.78, 5) is 38.6. The predicted molar refractivity (Wildman–Crippen MR) is 74.0 cm³/mol. The van der Waals surface area contributed by atoms with Crippen LogP contribution in [0.4, 0.5) is 0 Å². The number of aldehydes is 1. The lowest BCUT2D eigenvalue weighted by molar-refractivity contribution is -0.151. The lowest BCUT2D eigenvalue weighted by Gasteiger charge is -2.13. The number of halogens is 1. The van der Waals surface area contributed by atoms with Gasteiger partial charge >= 0.3 is 5.97 Å². The highest BCUT2D eigenvalue weighted by atomic mass is 35.5. The molecule has 1 unspecified atom stereocenters. The highest BCUT2D eigenvalue weighted by molar-refractivity contribution is 6.30. The summed E-state index contributed by atoms with van der Waals surface area (Å²) in [5.41, 5.74) is 2.31. The van der Waals surface area contributed by atoms with Gasteiger partial charge in [-0.15, -0.1) is 0 Å². The summed E-state index contributed by atoms with van der Waals surface area (Å²) in [6.45, 7) is 3.66. The molecule has 0 saturated heterocycles. The van der Waals surface area contributed by atoms with E-state index in [1.807, 2.05) is 19.3 Å². The van der Waals surface area contributed by atoms with Gasteiger partial charge in [-0.3, -0.25) is 4.79 Å². The van der Waals surface area contributed by atoms with E-state index in [-0.39, 0.29) is 17.9 Å². The highest BCUT2D eigenvalue weighted by Gasteiger charge is 2.18. The standard InChI is InChI=1S/C14H16ClNO4/c1-9(2)11(8-17)7-13(18)20-16-14(19)10-4-3-5-12(15)6-10/h3-6,8-9,11H,7H2,1-2H3,(H,16,19). The third-order valence-corrected chi connectivity index (χ3v) is 3.01. The molecule has 0 bridgehead atoms. The fourth-order valence-electron chi connectivity index (χ4n) is 1.47. The Kier molecular flexibility index (Phi) is 6.18. The Labute approximate surface area is 122 Å². The Hall–Kier alpha value is -1.88. The summed E-state index contributed by atoms with van der Waals surface area (Å²) in [7, 11) is 0. The average Bonchev–Trinajstić information content (AvgIpc) is 2.41. The SMILES string of the molecule is CC(C)C(C=O)CC(=O)ONC(=O)c1cccc(Cl)c1. The van der Waals surface area contributed by atoms with Crippen molar-refractivity contribution in [1.82, 2.24) is 5.48 Å². The first kappa shape index (κ1) is 16.2. The average molecular weight is 298 g/mol. The zero-order valence-corrected chi connectivity index (χ0v) is 12.0. The van der Waals surface area contributed by atoms with Crippen LogP contribution in [0, 0.1) is 11.8 Å². The maximum Gasteiger partial charge on any atom is 0.332 e. The van der Waals surface area contributed by atoms with Gasteiger partial charge in [0.15, 0.2) is 0 Å². The number of benzene rings is 1. The molecule has 1 aromatic carbocycles. The van der Waals surface area contributed by atoms with Crippen molar-refractivity contribution in [2.75, 3.05) is 0 Å². The molecule has 0 aliphatic rings. The lowest BCUT2D eigenvalue weighted by atomic mass is 9.94. The van der Waals surface area contributed by atoms with Crippen molar-refractivity contribution in [2.45, 2.75) is 20.3 Å². The van der Waals surface area contributed by atoms with E-state index < -0.39 is 17.8 Å². The second-order valence-electron chi connectivity index (χ2n) is 4.66. The van der Waals surface area contributed by atoms with Crippen LogP contribution in [0.25, 0.3) is 0 Å². The number of rotatable bonds is 5. The monoisotopic (exact) mass is 297 g/mol. The summed E-state index contributed by atoms with van der Waals surface area (Å²) >= 11 is 5.75. The molecular weight excluding hydrogens is 282 g/mol. The Morgan fingerprint density at radius 2 is 2.10 bits per heavy atom. The molecule has 1 amide bonds. The summed E-state index contributed by atoms with van der Waals surface area (Å²) < 4.78 is 0. The normalized spacial score (nSPS) is 11.8. The fraction of sp³-hybridized carbons (Fsp3) is 0.357. The number of hydrogen-bond donors (Lipinski definition) is 1. The molecule has 6 heteroatoms. The molecular formula is C14H16ClNO4. The summed E-state index contributed by atoms with van der Waals surface area (Å²) in [6.07, 6.45) is 0.641. The zero-order valence-electron chi connectivity index (χ0n) is 11.3. The second kappa shape index (κ2) is 7.65. The van der Waals surface area contributed by atoms with Gasteiger partial charge in [0.1, 0.15) is 6.29 Å². The van der Waals surface area contributed by atoms with E-state index >= 15 is 0 Å². The largest absolute Gasteiger partial charge is 0.341 e. The number of hydrogen-bond acceptors (Lipinski definition) is 4. The van der Waals surface area contributed by atoms with Crippen LogP contribution in [0.2, 0.25) is 5.02 Å². The summed E-state index contributed by atoms with van der Waals surface area (Å²) in [5, 5.41) is 0.407. The zero-order chi connectivity index (χ0) is 15.1. The van der Waals surface area contributed by atoms with E-state index in [9.17, 15) is 14.4 Å². The van der Waals surface area contributed by atoms with Crippen molar-refractivity contribution >= 4 is 29.8 Å². The first-order chi connectivity index (χ1) is 9.43. The van der Waals surface area contributed by atoms with E-state index in [0.717, 1.165) is 0 Å². The van der Waals surface area contributed by atoms with E-state index in [2.05, 4.69) is 4.84 Å². The van der Waals surface area contributed by atoms with Crippen LogP contribution in [0.15, 0.2) is 24.3 Å². The van der Waals surface area contributed by atoms with Crippen LogP contribution in [-0.4, -0.2) is 18.2 Å². The molecule has 0 aliphatic heterocycles. The first-order valence-corrected chi connectivity index (χ1v) is 6.52. The molecule has 108 valence electrons. The molecule has 20 heavy (non-hydrogen) atoms. The Balaban J connectivity index is 2.49. The van der Waals surface area contributed by atoms with Crippen molar-refractivity contribution in [3.63, 3.8) is 0 Å². The van der Waals surface area contributed by atoms with Crippen LogP contribution in [0.3, 0.4) is 0 Å². The van der Waals surface area contributed by atoms with Crippen molar-refractivity contribution in [3.8, 4) is 0 Å². The highest BCUT2D eigenvalue weighted by Crippen LogP contribution is 2.13. The van der Waals surface area contributed by atoms with E-state index in [1.54, 1.807) is 12.1 Å². The van der Waals surface area contributed by atoms with Crippen LogP contribution >= 0.6 is 11.6 Å². The van der Waals surface area contributed by atoms with Gasteiger partial charge in [0, 0.05) is 16.5 Å². The van der Waals surface area contributed by atoms with Crippen molar-refractivity contribution in [2.24, 2.45) is 11.8 Å². The van der Waals surface area contributed by atoms with Gasteiger partial charge in [-0.25, -0.2) is 4.79 Å². The van der Waals surface area contributed by atoms with Gasteiger partial charge in [-0.2, -0.15) is 5.48 Å². The quantitative estimate of drug-likeness (QED) is 0.669. The topological polar surface area (TPSA) is 72.5 Å². The first-order valence-electron chi connectivity index (χ1n) is 6.15. The van der Waals surface area contributed by atoms with Gasteiger partial charge in [0.2, 0.25) is 0 Å². The molecule has 0 aromatic heterocycles. The molecule has 0 aliphatic carbocycles. The minimum absolute atomic E-state index is 0.0312. The number of amides is 1. The Morgan fingerprint density at radius 1 is 1.40 bits per heavy atom. The van der Waals surface area contributed by atoms with Crippen molar-refractivity contribution < 1.29 is 19.2 Å². The minimum atomic E-state index is -0.661. The smallest absolute Gasteiger partial charge is 0.332 e.